The van der Waals surface area contributed by atoms with Crippen LogP contribution < -0.4 is 15.4 Å². The summed E-state index contributed by atoms with van der Waals surface area (Å²) in [5.74, 6) is -0.839. The predicted molar refractivity (Wildman–Crippen MR) is 76.0 cm³/mol. The van der Waals surface area contributed by atoms with Crippen LogP contribution in [0.3, 0.4) is 0 Å². The van der Waals surface area contributed by atoms with Gasteiger partial charge in [-0.15, -0.1) is 0 Å². The lowest BCUT2D eigenvalue weighted by atomic mass is 10.2. The largest absolute Gasteiger partial charge is 0.491 e. The van der Waals surface area contributed by atoms with Gasteiger partial charge in [-0.3, -0.25) is 4.79 Å². The molecule has 1 atom stereocenters. The SMILES string of the molecule is CC(C)Oc1ccc(NC(=O)NCC(C)C(=O)O)cc1. The Morgan fingerprint density at radius 1 is 1.20 bits per heavy atom. The monoisotopic (exact) mass is 280 g/mol. The summed E-state index contributed by atoms with van der Waals surface area (Å²) in [4.78, 5) is 22.2. The molecular weight excluding hydrogens is 260 g/mol. The minimum absolute atomic E-state index is 0.0791. The first kappa shape index (κ1) is 15.8. The molecule has 0 aromatic heterocycles. The number of nitrogens with one attached hydrogen (secondary N) is 2. The smallest absolute Gasteiger partial charge is 0.319 e. The van der Waals surface area contributed by atoms with Crippen LogP contribution in [0.5, 0.6) is 5.75 Å². The number of urea groups is 1. The molecule has 6 nitrogen and oxygen atoms in total. The molecule has 0 spiro atoms. The maximum atomic E-state index is 11.6. The summed E-state index contributed by atoms with van der Waals surface area (Å²) >= 11 is 0. The Bertz CT molecular complexity index is 457. The third-order valence-corrected chi connectivity index (χ3v) is 2.47. The third kappa shape index (κ3) is 5.60. The van der Waals surface area contributed by atoms with E-state index in [9.17, 15) is 9.59 Å². The van der Waals surface area contributed by atoms with Crippen LogP contribution in [0.4, 0.5) is 10.5 Å². The molecule has 0 aliphatic carbocycles. The molecule has 0 aliphatic heterocycles. The summed E-state index contributed by atoms with van der Waals surface area (Å²) in [7, 11) is 0. The lowest BCUT2D eigenvalue weighted by molar-refractivity contribution is -0.140. The Balaban J connectivity index is 2.44. The number of aliphatic carboxylic acids is 1. The number of ether oxygens (including phenoxy) is 1. The van der Waals surface area contributed by atoms with Crippen molar-refractivity contribution >= 4 is 17.7 Å². The second kappa shape index (κ2) is 7.37. The number of hydrogen-bond donors (Lipinski definition) is 3. The zero-order valence-electron chi connectivity index (χ0n) is 11.8. The molecule has 2 amide bonds. The zero-order valence-corrected chi connectivity index (χ0v) is 11.8. The first-order valence-electron chi connectivity index (χ1n) is 6.43. The van der Waals surface area contributed by atoms with Crippen molar-refractivity contribution in [2.45, 2.75) is 26.9 Å². The number of carbonyl (C=O) groups is 2. The Labute approximate surface area is 118 Å². The van der Waals surface area contributed by atoms with E-state index >= 15 is 0 Å². The van der Waals surface area contributed by atoms with E-state index < -0.39 is 17.9 Å². The molecule has 0 bridgehead atoms. The Kier molecular flexibility index (Phi) is 5.83. The third-order valence-electron chi connectivity index (χ3n) is 2.47. The molecule has 3 N–H and O–H groups in total. The highest BCUT2D eigenvalue weighted by molar-refractivity contribution is 5.89. The normalized spacial score (nSPS) is 11.8. The maximum Gasteiger partial charge on any atom is 0.319 e. The molecule has 1 aromatic rings. The summed E-state index contributed by atoms with van der Waals surface area (Å²) in [5.41, 5.74) is 0.613. The summed E-state index contributed by atoms with van der Waals surface area (Å²) < 4.78 is 5.49. The molecule has 0 radical (unpaired) electrons. The molecule has 0 heterocycles. The van der Waals surface area contributed by atoms with E-state index in [-0.39, 0.29) is 12.6 Å². The fourth-order valence-electron chi connectivity index (χ4n) is 1.40. The van der Waals surface area contributed by atoms with Gasteiger partial charge in [0.15, 0.2) is 0 Å². The number of anilines is 1. The highest BCUT2D eigenvalue weighted by Gasteiger charge is 2.12. The Morgan fingerprint density at radius 3 is 2.30 bits per heavy atom. The van der Waals surface area contributed by atoms with E-state index in [1.165, 1.54) is 6.92 Å². The van der Waals surface area contributed by atoms with Gasteiger partial charge in [0, 0.05) is 12.2 Å². The predicted octanol–water partition coefficient (Wildman–Crippen LogP) is 2.32. The topological polar surface area (TPSA) is 87.7 Å². The molecule has 20 heavy (non-hydrogen) atoms. The molecule has 1 aromatic carbocycles. The highest BCUT2D eigenvalue weighted by atomic mass is 16.5. The standard InChI is InChI=1S/C14H20N2O4/c1-9(2)20-12-6-4-11(5-7-12)16-14(19)15-8-10(3)13(17)18/h4-7,9-10H,8H2,1-3H3,(H,17,18)(H2,15,16,19). The van der Waals surface area contributed by atoms with Gasteiger partial charge in [-0.05, 0) is 38.1 Å². The zero-order chi connectivity index (χ0) is 15.1. The number of benzene rings is 1. The van der Waals surface area contributed by atoms with Gasteiger partial charge in [0.05, 0.1) is 12.0 Å². The molecule has 0 aliphatic rings. The van der Waals surface area contributed by atoms with E-state index in [1.54, 1.807) is 24.3 Å². The van der Waals surface area contributed by atoms with E-state index in [2.05, 4.69) is 10.6 Å². The first-order chi connectivity index (χ1) is 9.38. The van der Waals surface area contributed by atoms with Crippen molar-refractivity contribution in [3.05, 3.63) is 24.3 Å². The fraction of sp³-hybridized carbons (Fsp3) is 0.429. The molecule has 1 rings (SSSR count). The molecule has 110 valence electrons. The van der Waals surface area contributed by atoms with Gasteiger partial charge in [0.25, 0.3) is 0 Å². The van der Waals surface area contributed by atoms with Crippen LogP contribution in [0.2, 0.25) is 0 Å². The number of carboxylic acids is 1. The molecule has 0 fully saturated rings. The van der Waals surface area contributed by atoms with Crippen molar-refractivity contribution < 1.29 is 19.4 Å². The highest BCUT2D eigenvalue weighted by Crippen LogP contribution is 2.16. The molecule has 6 heteroatoms. The van der Waals surface area contributed by atoms with Crippen molar-refractivity contribution in [3.8, 4) is 5.75 Å². The molecule has 0 saturated carbocycles. The van der Waals surface area contributed by atoms with Crippen molar-refractivity contribution in [1.29, 1.82) is 0 Å². The van der Waals surface area contributed by atoms with Gasteiger partial charge < -0.3 is 20.5 Å². The van der Waals surface area contributed by atoms with E-state index in [1.807, 2.05) is 13.8 Å². The molecule has 1 unspecified atom stereocenters. The number of amides is 2. The number of rotatable bonds is 6. The second-order valence-corrected chi connectivity index (χ2v) is 4.77. The van der Waals surface area contributed by atoms with Crippen molar-refractivity contribution in [2.24, 2.45) is 5.92 Å². The summed E-state index contributed by atoms with van der Waals surface area (Å²) in [6.07, 6.45) is 0.0922. The van der Waals surface area contributed by atoms with Crippen LogP contribution in [0.1, 0.15) is 20.8 Å². The van der Waals surface area contributed by atoms with Gasteiger partial charge in [0.1, 0.15) is 5.75 Å². The minimum atomic E-state index is -0.944. The van der Waals surface area contributed by atoms with E-state index in [4.69, 9.17) is 9.84 Å². The van der Waals surface area contributed by atoms with Gasteiger partial charge in [0.2, 0.25) is 0 Å². The van der Waals surface area contributed by atoms with Gasteiger partial charge in [-0.1, -0.05) is 6.92 Å². The maximum absolute atomic E-state index is 11.6. The number of carboxylic acid groups (broad SMARTS) is 1. The van der Waals surface area contributed by atoms with E-state index in [0.717, 1.165) is 5.75 Å². The van der Waals surface area contributed by atoms with Crippen LogP contribution in [-0.2, 0) is 4.79 Å². The van der Waals surface area contributed by atoms with Gasteiger partial charge in [-0.25, -0.2) is 4.79 Å². The lowest BCUT2D eigenvalue weighted by Crippen LogP contribution is -2.34. The van der Waals surface area contributed by atoms with Crippen molar-refractivity contribution in [2.75, 3.05) is 11.9 Å². The summed E-state index contributed by atoms with van der Waals surface area (Å²) in [6.45, 7) is 5.48. The second-order valence-electron chi connectivity index (χ2n) is 4.77. The molecule has 0 saturated heterocycles. The van der Waals surface area contributed by atoms with Crippen molar-refractivity contribution in [1.82, 2.24) is 5.32 Å². The Hall–Kier alpha value is -2.24. The van der Waals surface area contributed by atoms with E-state index in [0.29, 0.717) is 5.69 Å². The summed E-state index contributed by atoms with van der Waals surface area (Å²) in [6, 6.07) is 6.52. The quantitative estimate of drug-likeness (QED) is 0.746. The van der Waals surface area contributed by atoms with Crippen LogP contribution >= 0.6 is 0 Å². The van der Waals surface area contributed by atoms with Crippen molar-refractivity contribution in [3.63, 3.8) is 0 Å². The van der Waals surface area contributed by atoms with Crippen LogP contribution in [-0.4, -0.2) is 29.8 Å². The number of hydrogen-bond acceptors (Lipinski definition) is 3. The number of carbonyl (C=O) groups excluding carboxylic acids is 1. The fourth-order valence-corrected chi connectivity index (χ4v) is 1.40. The van der Waals surface area contributed by atoms with Gasteiger partial charge in [-0.2, -0.15) is 0 Å². The van der Waals surface area contributed by atoms with Gasteiger partial charge >= 0.3 is 12.0 Å². The van der Waals surface area contributed by atoms with Crippen LogP contribution in [0, 0.1) is 5.92 Å². The average Bonchev–Trinajstić information content (AvgIpc) is 2.37. The van der Waals surface area contributed by atoms with Crippen LogP contribution in [0.25, 0.3) is 0 Å². The molecular formula is C14H20N2O4. The first-order valence-corrected chi connectivity index (χ1v) is 6.43. The Morgan fingerprint density at radius 2 is 1.80 bits per heavy atom. The van der Waals surface area contributed by atoms with Crippen LogP contribution in [0.15, 0.2) is 24.3 Å². The average molecular weight is 280 g/mol. The lowest BCUT2D eigenvalue weighted by Gasteiger charge is -2.12. The minimum Gasteiger partial charge on any atom is -0.491 e. The summed E-state index contributed by atoms with van der Waals surface area (Å²) in [5, 5.41) is 13.8.